The Bertz CT molecular complexity index is 292. The van der Waals surface area contributed by atoms with Gasteiger partial charge in [0.2, 0.25) is 0 Å². The van der Waals surface area contributed by atoms with Crippen LogP contribution in [-0.4, -0.2) is 17.5 Å². The van der Waals surface area contributed by atoms with E-state index in [9.17, 15) is 0 Å². The fourth-order valence-electron chi connectivity index (χ4n) is 1.84. The maximum Gasteiger partial charge on any atom is 0.0375 e. The first-order valence-electron chi connectivity index (χ1n) is 5.32. The number of hydrogen-bond acceptors (Lipinski definition) is 2. The molecule has 1 aliphatic rings. The molecular weight excluding hydrogens is 190 g/mol. The van der Waals surface area contributed by atoms with E-state index in [4.69, 9.17) is 0 Å². The summed E-state index contributed by atoms with van der Waals surface area (Å²) in [6, 6.07) is 9.33. The maximum absolute atomic E-state index is 3.64. The van der Waals surface area contributed by atoms with E-state index in [2.05, 4.69) is 48.3 Å². The van der Waals surface area contributed by atoms with Gasteiger partial charge in [-0.2, -0.15) is 11.8 Å². The number of nitrogens with one attached hydrogen (secondary N) is 1. The second kappa shape index (κ2) is 4.74. The number of hydrogen-bond donors (Lipinski definition) is 1. The summed E-state index contributed by atoms with van der Waals surface area (Å²) in [6.45, 7) is 2.21. The number of anilines is 1. The van der Waals surface area contributed by atoms with Gasteiger partial charge >= 0.3 is 0 Å². The number of thioether (sulfide) groups is 1. The van der Waals surface area contributed by atoms with Crippen molar-refractivity contribution in [2.45, 2.75) is 25.8 Å². The molecule has 2 rings (SSSR count). The summed E-state index contributed by atoms with van der Waals surface area (Å²) in [5.74, 6) is 2.57. The van der Waals surface area contributed by atoms with Crippen molar-refractivity contribution in [3.05, 3.63) is 29.8 Å². The van der Waals surface area contributed by atoms with E-state index in [1.807, 2.05) is 0 Å². The molecule has 0 bridgehead atoms. The van der Waals surface area contributed by atoms with Gasteiger partial charge < -0.3 is 5.32 Å². The Hall–Kier alpha value is -0.630. The van der Waals surface area contributed by atoms with Crippen LogP contribution in [0, 0.1) is 0 Å². The van der Waals surface area contributed by atoms with Crippen molar-refractivity contribution in [2.75, 3.05) is 16.8 Å². The summed E-state index contributed by atoms with van der Waals surface area (Å²) in [6.07, 6.45) is 2.42. The molecule has 0 aromatic heterocycles. The number of aryl methyl sites for hydroxylation is 1. The molecule has 0 amide bonds. The summed E-state index contributed by atoms with van der Waals surface area (Å²) in [5.41, 5.74) is 2.77. The summed E-state index contributed by atoms with van der Waals surface area (Å²) < 4.78 is 0. The average molecular weight is 207 g/mol. The van der Waals surface area contributed by atoms with Crippen molar-refractivity contribution in [2.24, 2.45) is 0 Å². The monoisotopic (exact) mass is 207 g/mol. The first kappa shape index (κ1) is 9.91. The van der Waals surface area contributed by atoms with Crippen molar-refractivity contribution in [3.63, 3.8) is 0 Å². The van der Waals surface area contributed by atoms with Gasteiger partial charge in [0.05, 0.1) is 0 Å². The fourth-order valence-corrected chi connectivity index (χ4v) is 2.99. The lowest BCUT2D eigenvalue weighted by Gasteiger charge is -2.15. The Balaban J connectivity index is 2.07. The minimum Gasteiger partial charge on any atom is -0.381 e. The van der Waals surface area contributed by atoms with Crippen LogP contribution in [0.4, 0.5) is 5.69 Å². The lowest BCUT2D eigenvalue weighted by atomic mass is 10.1. The smallest absolute Gasteiger partial charge is 0.0375 e. The molecule has 0 aliphatic carbocycles. The second-order valence-corrected chi connectivity index (χ2v) is 4.87. The molecule has 76 valence electrons. The van der Waals surface area contributed by atoms with E-state index < -0.39 is 0 Å². The van der Waals surface area contributed by atoms with E-state index in [1.54, 1.807) is 0 Å². The highest BCUT2D eigenvalue weighted by atomic mass is 32.2. The SMILES string of the molecule is CCc1ccccc1NC1CCSC1. The molecule has 1 aromatic carbocycles. The molecule has 1 fully saturated rings. The van der Waals surface area contributed by atoms with Gasteiger partial charge in [-0.25, -0.2) is 0 Å². The van der Waals surface area contributed by atoms with Gasteiger partial charge in [0, 0.05) is 17.5 Å². The summed E-state index contributed by atoms with van der Waals surface area (Å²) in [4.78, 5) is 0. The summed E-state index contributed by atoms with van der Waals surface area (Å²) >= 11 is 2.05. The molecule has 1 aliphatic heterocycles. The topological polar surface area (TPSA) is 12.0 Å². The van der Waals surface area contributed by atoms with Crippen molar-refractivity contribution < 1.29 is 0 Å². The van der Waals surface area contributed by atoms with Crippen LogP contribution in [0.25, 0.3) is 0 Å². The van der Waals surface area contributed by atoms with Crippen LogP contribution in [0.15, 0.2) is 24.3 Å². The van der Waals surface area contributed by atoms with Crippen LogP contribution in [0.3, 0.4) is 0 Å². The van der Waals surface area contributed by atoms with E-state index in [0.29, 0.717) is 6.04 Å². The fraction of sp³-hybridized carbons (Fsp3) is 0.500. The first-order chi connectivity index (χ1) is 6.90. The molecule has 1 nitrogen and oxygen atoms in total. The predicted molar refractivity (Wildman–Crippen MR) is 65.2 cm³/mol. The van der Waals surface area contributed by atoms with Gasteiger partial charge in [0.25, 0.3) is 0 Å². The largest absolute Gasteiger partial charge is 0.381 e. The molecule has 1 atom stereocenters. The summed E-state index contributed by atoms with van der Waals surface area (Å²) in [7, 11) is 0. The quantitative estimate of drug-likeness (QED) is 0.817. The zero-order valence-electron chi connectivity index (χ0n) is 8.62. The summed E-state index contributed by atoms with van der Waals surface area (Å²) in [5, 5.41) is 3.64. The Kier molecular flexibility index (Phi) is 3.35. The van der Waals surface area contributed by atoms with Crippen molar-refractivity contribution in [1.29, 1.82) is 0 Å². The van der Waals surface area contributed by atoms with Crippen molar-refractivity contribution in [3.8, 4) is 0 Å². The Morgan fingerprint density at radius 1 is 1.43 bits per heavy atom. The van der Waals surface area contributed by atoms with Crippen LogP contribution >= 0.6 is 11.8 Å². The highest BCUT2D eigenvalue weighted by Crippen LogP contribution is 2.23. The molecule has 2 heteroatoms. The standard InChI is InChI=1S/C12H17NS/c1-2-10-5-3-4-6-12(10)13-11-7-8-14-9-11/h3-6,11,13H,2,7-9H2,1H3. The zero-order valence-corrected chi connectivity index (χ0v) is 9.44. The van der Waals surface area contributed by atoms with E-state index in [0.717, 1.165) is 6.42 Å². The Morgan fingerprint density at radius 3 is 3.00 bits per heavy atom. The van der Waals surface area contributed by atoms with E-state index in [1.165, 1.54) is 29.2 Å². The van der Waals surface area contributed by atoms with Gasteiger partial charge in [-0.1, -0.05) is 25.1 Å². The average Bonchev–Trinajstić information content (AvgIpc) is 2.71. The van der Waals surface area contributed by atoms with Crippen molar-refractivity contribution in [1.82, 2.24) is 0 Å². The minimum atomic E-state index is 0.688. The van der Waals surface area contributed by atoms with Crippen LogP contribution in [-0.2, 0) is 6.42 Å². The molecule has 0 spiro atoms. The molecule has 14 heavy (non-hydrogen) atoms. The van der Waals surface area contributed by atoms with Crippen LogP contribution in [0.2, 0.25) is 0 Å². The van der Waals surface area contributed by atoms with Gasteiger partial charge in [-0.3, -0.25) is 0 Å². The van der Waals surface area contributed by atoms with Crippen LogP contribution in [0.1, 0.15) is 18.9 Å². The van der Waals surface area contributed by atoms with Gasteiger partial charge in [-0.15, -0.1) is 0 Å². The highest BCUT2D eigenvalue weighted by molar-refractivity contribution is 7.99. The Labute approximate surface area is 90.3 Å². The molecule has 1 heterocycles. The molecule has 0 radical (unpaired) electrons. The second-order valence-electron chi connectivity index (χ2n) is 3.72. The lowest BCUT2D eigenvalue weighted by Crippen LogP contribution is -2.18. The van der Waals surface area contributed by atoms with Crippen molar-refractivity contribution >= 4 is 17.4 Å². The first-order valence-corrected chi connectivity index (χ1v) is 6.48. The highest BCUT2D eigenvalue weighted by Gasteiger charge is 2.15. The number of benzene rings is 1. The normalized spacial score (nSPS) is 21.1. The van der Waals surface area contributed by atoms with E-state index in [-0.39, 0.29) is 0 Å². The Morgan fingerprint density at radius 2 is 2.29 bits per heavy atom. The maximum atomic E-state index is 3.64. The third kappa shape index (κ3) is 2.24. The zero-order chi connectivity index (χ0) is 9.80. The van der Waals surface area contributed by atoms with Gasteiger partial charge in [0.15, 0.2) is 0 Å². The van der Waals surface area contributed by atoms with Crippen LogP contribution in [0.5, 0.6) is 0 Å². The lowest BCUT2D eigenvalue weighted by molar-refractivity contribution is 0.810. The molecule has 1 saturated heterocycles. The van der Waals surface area contributed by atoms with Gasteiger partial charge in [0.1, 0.15) is 0 Å². The molecule has 1 unspecified atom stereocenters. The molecule has 0 saturated carbocycles. The minimum absolute atomic E-state index is 0.688. The number of para-hydroxylation sites is 1. The third-order valence-electron chi connectivity index (χ3n) is 2.69. The predicted octanol–water partition coefficient (Wildman–Crippen LogP) is 3.17. The van der Waals surface area contributed by atoms with Gasteiger partial charge in [-0.05, 0) is 30.2 Å². The molecule has 1 aromatic rings. The third-order valence-corrected chi connectivity index (χ3v) is 3.85. The molecule has 1 N–H and O–H groups in total. The number of rotatable bonds is 3. The van der Waals surface area contributed by atoms with E-state index >= 15 is 0 Å². The van der Waals surface area contributed by atoms with Crippen LogP contribution < -0.4 is 5.32 Å². The molecular formula is C12H17NS.